The van der Waals surface area contributed by atoms with E-state index in [1.807, 2.05) is 21.7 Å². The van der Waals surface area contributed by atoms with Gasteiger partial charge >= 0.3 is 0 Å². The quantitative estimate of drug-likeness (QED) is 0.889. The Balaban J connectivity index is 1.62. The Bertz CT molecular complexity index is 796. The van der Waals surface area contributed by atoms with Crippen molar-refractivity contribution in [3.63, 3.8) is 0 Å². The van der Waals surface area contributed by atoms with Crippen molar-refractivity contribution in [1.29, 1.82) is 0 Å². The summed E-state index contributed by atoms with van der Waals surface area (Å²) in [5, 5.41) is 3.95. The average molecular weight is 376 g/mol. The van der Waals surface area contributed by atoms with Crippen LogP contribution in [0.5, 0.6) is 5.75 Å². The summed E-state index contributed by atoms with van der Waals surface area (Å²) in [4.78, 5) is 13.8. The number of fused-ring (bicyclic) bond motifs is 1. The van der Waals surface area contributed by atoms with Crippen molar-refractivity contribution in [2.75, 3.05) is 6.54 Å². The number of likely N-dealkylation sites (tertiary alicyclic amines) is 1. The van der Waals surface area contributed by atoms with Crippen LogP contribution in [-0.2, 0) is 22.7 Å². The number of carbonyl (C=O) groups is 1. The van der Waals surface area contributed by atoms with E-state index in [9.17, 15) is 9.18 Å². The van der Waals surface area contributed by atoms with Gasteiger partial charge in [0.05, 0.1) is 12.6 Å². The van der Waals surface area contributed by atoms with Gasteiger partial charge in [0.2, 0.25) is 12.2 Å². The predicted molar refractivity (Wildman–Crippen MR) is 96.1 cm³/mol. The highest BCUT2D eigenvalue weighted by molar-refractivity contribution is 7.07. The molecule has 2 aliphatic rings. The van der Waals surface area contributed by atoms with Crippen LogP contribution in [0.1, 0.15) is 42.2 Å². The zero-order valence-corrected chi connectivity index (χ0v) is 15.1. The molecule has 0 spiro atoms. The van der Waals surface area contributed by atoms with Crippen LogP contribution in [0.4, 0.5) is 4.39 Å². The number of nitrogens with two attached hydrogens (primary N) is 1. The van der Waals surface area contributed by atoms with E-state index in [1.165, 1.54) is 12.1 Å². The third kappa shape index (κ3) is 3.47. The second-order valence-corrected chi connectivity index (χ2v) is 7.54. The molecule has 26 heavy (non-hydrogen) atoms. The van der Waals surface area contributed by atoms with Crippen molar-refractivity contribution in [2.24, 2.45) is 5.73 Å². The molecule has 2 N–H and O–H groups in total. The van der Waals surface area contributed by atoms with Gasteiger partial charge in [-0.1, -0.05) is 6.42 Å². The van der Waals surface area contributed by atoms with Gasteiger partial charge in [0.1, 0.15) is 11.6 Å². The van der Waals surface area contributed by atoms with Crippen molar-refractivity contribution >= 4 is 17.2 Å². The van der Waals surface area contributed by atoms with Crippen molar-refractivity contribution < 1.29 is 18.7 Å². The predicted octanol–water partition coefficient (Wildman–Crippen LogP) is 3.33. The third-order valence-electron chi connectivity index (χ3n) is 4.95. The van der Waals surface area contributed by atoms with E-state index in [-0.39, 0.29) is 17.8 Å². The van der Waals surface area contributed by atoms with Gasteiger partial charge in [-0.05, 0) is 43.0 Å². The number of hydrogen-bond donors (Lipinski definition) is 1. The van der Waals surface area contributed by atoms with Crippen LogP contribution in [-0.4, -0.2) is 23.4 Å². The average Bonchev–Trinajstić information content (AvgIpc) is 3.16. The fraction of sp³-hybridized carbons (Fsp3) is 0.421. The Hall–Kier alpha value is -1.96. The molecule has 3 heterocycles. The zero-order valence-electron chi connectivity index (χ0n) is 14.3. The Morgan fingerprint density at radius 1 is 1.38 bits per heavy atom. The van der Waals surface area contributed by atoms with Gasteiger partial charge < -0.3 is 15.2 Å². The lowest BCUT2D eigenvalue weighted by Crippen LogP contribution is -2.47. The second kappa shape index (κ2) is 7.34. The van der Waals surface area contributed by atoms with Gasteiger partial charge in [-0.2, -0.15) is 11.3 Å². The lowest BCUT2D eigenvalue weighted by Gasteiger charge is -2.35. The standard InChI is InChI=1S/C19H21FN2O3S/c20-15-7-13(9-22-5-2-1-3-16(22)18(21)23)17-14(8-15)10-24-19(25-17)12-4-6-26-11-12/h4,6-8,11,16,19H,1-3,5,9-10H2,(H2,21,23)/t16-,19-/m1/s1. The number of nitrogens with zero attached hydrogens (tertiary/aromatic N) is 1. The van der Waals surface area contributed by atoms with Gasteiger partial charge in [0, 0.05) is 28.6 Å². The topological polar surface area (TPSA) is 64.8 Å². The van der Waals surface area contributed by atoms with E-state index in [0.29, 0.717) is 24.5 Å². The largest absolute Gasteiger partial charge is 0.460 e. The van der Waals surface area contributed by atoms with Crippen LogP contribution in [0, 0.1) is 5.82 Å². The summed E-state index contributed by atoms with van der Waals surface area (Å²) in [5.74, 6) is 0.00517. The first-order valence-corrected chi connectivity index (χ1v) is 9.71. The van der Waals surface area contributed by atoms with Gasteiger partial charge in [-0.15, -0.1) is 0 Å². The molecule has 138 valence electrons. The van der Waals surface area contributed by atoms with Crippen LogP contribution in [0.15, 0.2) is 29.0 Å². The lowest BCUT2D eigenvalue weighted by molar-refractivity contribution is -0.125. The molecule has 2 aliphatic heterocycles. The summed E-state index contributed by atoms with van der Waals surface area (Å²) < 4.78 is 25.9. The van der Waals surface area contributed by atoms with Crippen molar-refractivity contribution in [3.8, 4) is 5.75 Å². The van der Waals surface area contributed by atoms with Crippen molar-refractivity contribution in [2.45, 2.75) is 44.7 Å². The molecule has 0 aliphatic carbocycles. The number of ether oxygens (including phenoxy) is 2. The molecule has 7 heteroatoms. The maximum Gasteiger partial charge on any atom is 0.234 e. The highest BCUT2D eigenvalue weighted by atomic mass is 32.1. The lowest BCUT2D eigenvalue weighted by atomic mass is 9.99. The third-order valence-corrected chi connectivity index (χ3v) is 5.65. The minimum absolute atomic E-state index is 0.292. The highest BCUT2D eigenvalue weighted by Gasteiger charge is 2.30. The molecule has 1 aromatic carbocycles. The van der Waals surface area contributed by atoms with Gasteiger partial charge in [0.15, 0.2) is 0 Å². The Labute approximate surface area is 155 Å². The van der Waals surface area contributed by atoms with Crippen molar-refractivity contribution in [1.82, 2.24) is 4.90 Å². The number of carbonyl (C=O) groups excluding carboxylic acids is 1. The van der Waals surface area contributed by atoms with E-state index in [4.69, 9.17) is 15.2 Å². The summed E-state index contributed by atoms with van der Waals surface area (Å²) >= 11 is 1.57. The first kappa shape index (κ1) is 17.5. The van der Waals surface area contributed by atoms with Crippen LogP contribution >= 0.6 is 11.3 Å². The molecule has 2 aromatic rings. The van der Waals surface area contributed by atoms with E-state index in [1.54, 1.807) is 11.3 Å². The SMILES string of the molecule is NC(=O)[C@H]1CCCCN1Cc1cc(F)cc2c1O[C@H](c1ccsc1)OC2. The molecule has 0 radical (unpaired) electrons. The van der Waals surface area contributed by atoms with Crippen LogP contribution in [0.3, 0.4) is 0 Å². The van der Waals surface area contributed by atoms with Crippen LogP contribution in [0.2, 0.25) is 0 Å². The monoisotopic (exact) mass is 376 g/mol. The number of halogens is 1. The smallest absolute Gasteiger partial charge is 0.234 e. The number of thiophene rings is 1. The highest BCUT2D eigenvalue weighted by Crippen LogP contribution is 2.38. The molecule has 5 nitrogen and oxygen atoms in total. The number of piperidine rings is 1. The molecule has 1 aromatic heterocycles. The zero-order chi connectivity index (χ0) is 18.1. The summed E-state index contributed by atoms with van der Waals surface area (Å²) in [7, 11) is 0. The normalized spacial score (nSPS) is 23.3. The molecular weight excluding hydrogens is 355 g/mol. The Morgan fingerprint density at radius 3 is 3.04 bits per heavy atom. The van der Waals surface area contributed by atoms with E-state index >= 15 is 0 Å². The minimum Gasteiger partial charge on any atom is -0.460 e. The molecule has 1 fully saturated rings. The summed E-state index contributed by atoms with van der Waals surface area (Å²) in [5.41, 5.74) is 7.94. The number of amides is 1. The fourth-order valence-electron chi connectivity index (χ4n) is 3.69. The molecule has 2 atom stereocenters. The van der Waals surface area contributed by atoms with E-state index in [2.05, 4.69) is 0 Å². The first-order chi connectivity index (χ1) is 12.6. The summed E-state index contributed by atoms with van der Waals surface area (Å²) in [6.07, 6.45) is 2.24. The van der Waals surface area contributed by atoms with Gasteiger partial charge in [0.25, 0.3) is 0 Å². The molecule has 0 unspecified atom stereocenters. The molecule has 0 saturated carbocycles. The first-order valence-electron chi connectivity index (χ1n) is 8.77. The minimum atomic E-state index is -0.494. The van der Waals surface area contributed by atoms with Crippen LogP contribution < -0.4 is 10.5 Å². The molecule has 1 amide bonds. The second-order valence-electron chi connectivity index (χ2n) is 6.76. The van der Waals surface area contributed by atoms with Crippen LogP contribution in [0.25, 0.3) is 0 Å². The van der Waals surface area contributed by atoms with Crippen molar-refractivity contribution in [3.05, 3.63) is 51.5 Å². The van der Waals surface area contributed by atoms with E-state index < -0.39 is 6.29 Å². The summed E-state index contributed by atoms with van der Waals surface area (Å²) in [6.45, 7) is 1.49. The van der Waals surface area contributed by atoms with Gasteiger partial charge in [-0.25, -0.2) is 4.39 Å². The summed E-state index contributed by atoms with van der Waals surface area (Å²) in [6, 6.07) is 4.58. The molecular formula is C19H21FN2O3S. The number of hydrogen-bond acceptors (Lipinski definition) is 5. The van der Waals surface area contributed by atoms with E-state index in [0.717, 1.165) is 36.9 Å². The maximum atomic E-state index is 14.1. The van der Waals surface area contributed by atoms with Gasteiger partial charge in [-0.3, -0.25) is 9.69 Å². The molecule has 4 rings (SSSR count). The number of benzene rings is 1. The number of primary amides is 1. The molecule has 1 saturated heterocycles. The molecule has 0 bridgehead atoms. The Kier molecular flexibility index (Phi) is 4.93. The fourth-order valence-corrected chi connectivity index (χ4v) is 4.35. The number of rotatable bonds is 4. The Morgan fingerprint density at radius 2 is 2.27 bits per heavy atom. The maximum absolute atomic E-state index is 14.1.